The van der Waals surface area contributed by atoms with E-state index in [0.717, 1.165) is 46.2 Å². The summed E-state index contributed by atoms with van der Waals surface area (Å²) in [4.78, 5) is 0. The summed E-state index contributed by atoms with van der Waals surface area (Å²) in [6.45, 7) is 0. The SMILES string of the molecule is COc1ccc2c(c1)CCc1c-2cc2ccc(OC)cc2c1O. The molecule has 0 unspecified atom stereocenters. The number of fused-ring (bicyclic) bond motifs is 4. The Hall–Kier alpha value is -2.68. The minimum absolute atomic E-state index is 0.373. The number of hydrogen-bond acceptors (Lipinski definition) is 3. The lowest BCUT2D eigenvalue weighted by Crippen LogP contribution is -2.05. The normalized spacial score (nSPS) is 12.6. The average Bonchev–Trinajstić information content (AvgIpc) is 2.61. The van der Waals surface area contributed by atoms with Gasteiger partial charge in [0.25, 0.3) is 0 Å². The molecule has 1 N–H and O–H groups in total. The largest absolute Gasteiger partial charge is 0.507 e. The zero-order chi connectivity index (χ0) is 16.0. The van der Waals surface area contributed by atoms with Crippen LogP contribution in [0.2, 0.25) is 0 Å². The highest BCUT2D eigenvalue weighted by Gasteiger charge is 2.21. The molecule has 1 aliphatic rings. The number of benzene rings is 3. The van der Waals surface area contributed by atoms with Crippen LogP contribution >= 0.6 is 0 Å². The van der Waals surface area contributed by atoms with E-state index < -0.39 is 0 Å². The maximum atomic E-state index is 10.8. The zero-order valence-electron chi connectivity index (χ0n) is 13.2. The number of ether oxygens (including phenoxy) is 2. The molecule has 4 rings (SSSR count). The summed E-state index contributed by atoms with van der Waals surface area (Å²) in [6, 6.07) is 14.1. The third kappa shape index (κ3) is 2.12. The predicted octanol–water partition coefficient (Wildman–Crippen LogP) is 4.33. The molecule has 0 saturated carbocycles. The number of aromatic hydroxyl groups is 1. The topological polar surface area (TPSA) is 38.7 Å². The third-order valence-corrected chi connectivity index (χ3v) is 4.67. The van der Waals surface area contributed by atoms with Crippen LogP contribution in [-0.4, -0.2) is 19.3 Å². The van der Waals surface area contributed by atoms with Crippen molar-refractivity contribution >= 4 is 10.8 Å². The fourth-order valence-electron chi connectivity index (χ4n) is 3.45. The van der Waals surface area contributed by atoms with Crippen LogP contribution < -0.4 is 9.47 Å². The fraction of sp³-hybridized carbons (Fsp3) is 0.200. The molecule has 116 valence electrons. The van der Waals surface area contributed by atoms with Crippen LogP contribution in [0.1, 0.15) is 11.1 Å². The Bertz CT molecular complexity index is 912. The zero-order valence-corrected chi connectivity index (χ0v) is 13.2. The van der Waals surface area contributed by atoms with E-state index >= 15 is 0 Å². The minimum atomic E-state index is 0.373. The van der Waals surface area contributed by atoms with Gasteiger partial charge in [-0.2, -0.15) is 0 Å². The molecule has 0 amide bonds. The first-order chi connectivity index (χ1) is 11.2. The molecular weight excluding hydrogens is 288 g/mol. The van der Waals surface area contributed by atoms with Crippen LogP contribution in [0.4, 0.5) is 0 Å². The van der Waals surface area contributed by atoms with Gasteiger partial charge >= 0.3 is 0 Å². The number of phenolic OH excluding ortho intramolecular Hbond substituents is 1. The smallest absolute Gasteiger partial charge is 0.127 e. The van der Waals surface area contributed by atoms with Crippen LogP contribution in [0, 0.1) is 0 Å². The van der Waals surface area contributed by atoms with Crippen molar-refractivity contribution in [3.05, 3.63) is 53.6 Å². The molecule has 0 radical (unpaired) electrons. The van der Waals surface area contributed by atoms with Crippen LogP contribution in [-0.2, 0) is 12.8 Å². The molecule has 1 aliphatic carbocycles. The average molecular weight is 306 g/mol. The molecule has 0 aliphatic heterocycles. The van der Waals surface area contributed by atoms with Gasteiger partial charge in [0.2, 0.25) is 0 Å². The molecule has 0 spiro atoms. The highest BCUT2D eigenvalue weighted by Crippen LogP contribution is 2.43. The van der Waals surface area contributed by atoms with E-state index in [1.807, 2.05) is 24.3 Å². The molecule has 3 heteroatoms. The lowest BCUT2D eigenvalue weighted by Gasteiger charge is -2.22. The Balaban J connectivity index is 1.97. The number of methoxy groups -OCH3 is 2. The summed E-state index contributed by atoms with van der Waals surface area (Å²) < 4.78 is 10.6. The summed E-state index contributed by atoms with van der Waals surface area (Å²) in [5.74, 6) is 2.01. The number of hydrogen-bond donors (Lipinski definition) is 1. The molecule has 0 bridgehead atoms. The first-order valence-electron chi connectivity index (χ1n) is 7.71. The summed E-state index contributed by atoms with van der Waals surface area (Å²) in [6.07, 6.45) is 1.73. The van der Waals surface area contributed by atoms with Gasteiger partial charge in [-0.25, -0.2) is 0 Å². The Kier molecular flexibility index (Phi) is 3.15. The van der Waals surface area contributed by atoms with E-state index in [0.29, 0.717) is 5.75 Å². The molecule has 3 nitrogen and oxygen atoms in total. The standard InChI is InChI=1S/C20H18O3/c1-22-14-6-8-16-12(9-14)4-7-17-19(16)10-13-3-5-15(23-2)11-18(13)20(17)21/h3,5-6,8-11,21H,4,7H2,1-2H3. The molecule has 0 atom stereocenters. The molecular formula is C20H18O3. The second-order valence-electron chi connectivity index (χ2n) is 5.86. The maximum Gasteiger partial charge on any atom is 0.127 e. The number of aryl methyl sites for hydroxylation is 1. The first-order valence-corrected chi connectivity index (χ1v) is 7.71. The van der Waals surface area contributed by atoms with Gasteiger partial charge in [-0.1, -0.05) is 12.1 Å². The van der Waals surface area contributed by atoms with Gasteiger partial charge in [0, 0.05) is 10.9 Å². The minimum Gasteiger partial charge on any atom is -0.507 e. The summed E-state index contributed by atoms with van der Waals surface area (Å²) in [5, 5.41) is 12.6. The Morgan fingerprint density at radius 1 is 0.826 bits per heavy atom. The van der Waals surface area contributed by atoms with Crippen LogP contribution in [0.15, 0.2) is 42.5 Å². The second kappa shape index (κ2) is 5.20. The van der Waals surface area contributed by atoms with Crippen LogP contribution in [0.3, 0.4) is 0 Å². The van der Waals surface area contributed by atoms with Crippen molar-refractivity contribution in [2.24, 2.45) is 0 Å². The van der Waals surface area contributed by atoms with Crippen molar-refractivity contribution in [2.75, 3.05) is 14.2 Å². The van der Waals surface area contributed by atoms with Crippen molar-refractivity contribution < 1.29 is 14.6 Å². The van der Waals surface area contributed by atoms with Crippen LogP contribution in [0.5, 0.6) is 17.2 Å². The summed E-state index contributed by atoms with van der Waals surface area (Å²) in [5.41, 5.74) is 4.58. The third-order valence-electron chi connectivity index (χ3n) is 4.67. The van der Waals surface area contributed by atoms with E-state index in [4.69, 9.17) is 9.47 Å². The van der Waals surface area contributed by atoms with Crippen molar-refractivity contribution in [2.45, 2.75) is 12.8 Å². The van der Waals surface area contributed by atoms with Crippen LogP contribution in [0.25, 0.3) is 21.9 Å². The summed E-state index contributed by atoms with van der Waals surface area (Å²) >= 11 is 0. The van der Waals surface area contributed by atoms with Gasteiger partial charge in [-0.05, 0) is 65.3 Å². The highest BCUT2D eigenvalue weighted by atomic mass is 16.5. The first kappa shape index (κ1) is 13.9. The van der Waals surface area contributed by atoms with E-state index in [2.05, 4.69) is 18.2 Å². The lowest BCUT2D eigenvalue weighted by molar-refractivity contribution is 0.414. The van der Waals surface area contributed by atoms with Gasteiger partial charge < -0.3 is 14.6 Å². The second-order valence-corrected chi connectivity index (χ2v) is 5.86. The Morgan fingerprint density at radius 2 is 1.57 bits per heavy atom. The van der Waals surface area contributed by atoms with Gasteiger partial charge in [0.15, 0.2) is 0 Å². The molecule has 23 heavy (non-hydrogen) atoms. The van der Waals surface area contributed by atoms with Gasteiger partial charge in [0.05, 0.1) is 14.2 Å². The highest BCUT2D eigenvalue weighted by molar-refractivity contribution is 5.96. The predicted molar refractivity (Wildman–Crippen MR) is 91.6 cm³/mol. The van der Waals surface area contributed by atoms with Gasteiger partial charge in [-0.15, -0.1) is 0 Å². The van der Waals surface area contributed by atoms with E-state index in [9.17, 15) is 5.11 Å². The van der Waals surface area contributed by atoms with Gasteiger partial charge in [-0.3, -0.25) is 0 Å². The molecule has 0 saturated heterocycles. The molecule has 0 heterocycles. The van der Waals surface area contributed by atoms with Crippen molar-refractivity contribution in [3.8, 4) is 28.4 Å². The summed E-state index contributed by atoms with van der Waals surface area (Å²) in [7, 11) is 3.32. The quantitative estimate of drug-likeness (QED) is 0.766. The lowest BCUT2D eigenvalue weighted by atomic mass is 9.83. The van der Waals surface area contributed by atoms with E-state index in [-0.39, 0.29) is 0 Å². The maximum absolute atomic E-state index is 10.8. The Morgan fingerprint density at radius 3 is 2.35 bits per heavy atom. The van der Waals surface area contributed by atoms with Crippen molar-refractivity contribution in [1.29, 1.82) is 0 Å². The number of phenols is 1. The van der Waals surface area contributed by atoms with Crippen molar-refractivity contribution in [3.63, 3.8) is 0 Å². The van der Waals surface area contributed by atoms with E-state index in [1.165, 1.54) is 11.1 Å². The van der Waals surface area contributed by atoms with E-state index in [1.54, 1.807) is 14.2 Å². The molecule has 3 aromatic carbocycles. The fourth-order valence-corrected chi connectivity index (χ4v) is 3.45. The van der Waals surface area contributed by atoms with Crippen molar-refractivity contribution in [1.82, 2.24) is 0 Å². The molecule has 0 fully saturated rings. The monoisotopic (exact) mass is 306 g/mol. The molecule has 3 aromatic rings. The number of rotatable bonds is 2. The van der Waals surface area contributed by atoms with Gasteiger partial charge in [0.1, 0.15) is 17.2 Å². The molecule has 0 aromatic heterocycles. The Labute approximate surface area is 135 Å².